The molecule has 3 aromatic rings. The second-order valence-electron chi connectivity index (χ2n) is 6.44. The van der Waals surface area contributed by atoms with Crippen molar-refractivity contribution < 1.29 is 18.1 Å². The number of aryl methyl sites for hydroxylation is 1. The first kappa shape index (κ1) is 21.4. The molecule has 1 unspecified atom stereocenters. The van der Waals surface area contributed by atoms with Crippen LogP contribution in [0.25, 0.3) is 0 Å². The largest absolute Gasteiger partial charge is 0.390 e. The maximum Gasteiger partial charge on any atom is 0.390 e. The van der Waals surface area contributed by atoms with E-state index in [4.69, 9.17) is 0 Å². The van der Waals surface area contributed by atoms with Crippen molar-refractivity contribution >= 4 is 43.9 Å². The van der Waals surface area contributed by atoms with Crippen molar-refractivity contribution in [2.45, 2.75) is 25.3 Å². The van der Waals surface area contributed by atoms with E-state index < -0.39 is 20.9 Å². The van der Waals surface area contributed by atoms with E-state index in [9.17, 15) is 23.3 Å². The van der Waals surface area contributed by atoms with Gasteiger partial charge in [0.15, 0.2) is 5.13 Å². The number of nitrogens with one attached hydrogen (secondary N) is 2. The summed E-state index contributed by atoms with van der Waals surface area (Å²) in [6, 6.07) is 7.04. The van der Waals surface area contributed by atoms with Crippen molar-refractivity contribution in [1.29, 1.82) is 0 Å². The maximum atomic E-state index is 12.4. The van der Waals surface area contributed by atoms with Gasteiger partial charge in [-0.2, -0.15) is 4.68 Å². The average Bonchev–Trinajstić information content (AvgIpc) is 3.32. The minimum absolute atomic E-state index is 0.0308. The van der Waals surface area contributed by atoms with Crippen LogP contribution in [0.1, 0.15) is 12.6 Å². The van der Waals surface area contributed by atoms with Crippen LogP contribution in [0.3, 0.4) is 0 Å². The molecule has 2 N–H and O–H groups in total. The first-order valence-corrected chi connectivity index (χ1v) is 11.0. The molecule has 1 aromatic carbocycles. The Labute approximate surface area is 176 Å². The van der Waals surface area contributed by atoms with Gasteiger partial charge in [-0.05, 0) is 36.1 Å². The Kier molecular flexibility index (Phi) is 6.12. The summed E-state index contributed by atoms with van der Waals surface area (Å²) in [5.74, 6) is -1.13. The van der Waals surface area contributed by atoms with Crippen LogP contribution in [0.15, 0.2) is 46.8 Å². The van der Waals surface area contributed by atoms with Crippen LogP contribution >= 0.6 is 11.3 Å². The van der Waals surface area contributed by atoms with Gasteiger partial charge in [-0.3, -0.25) is 9.52 Å². The number of carbonyl (C=O) groups excluding carboxylic acids is 1. The number of thiazole rings is 1. The van der Waals surface area contributed by atoms with Crippen molar-refractivity contribution in [2.24, 2.45) is 5.92 Å². The molecule has 158 valence electrons. The minimum atomic E-state index is -3.78. The van der Waals surface area contributed by atoms with Gasteiger partial charge < -0.3 is 15.4 Å². The molecule has 0 spiro atoms. The molecule has 0 bridgehead atoms. The second-order valence-corrected chi connectivity index (χ2v) is 9.02. The Balaban J connectivity index is 1.63. The lowest BCUT2D eigenvalue weighted by Crippen LogP contribution is -2.25. The number of nitro groups is 1. The third-order valence-corrected chi connectivity index (χ3v) is 6.31. The lowest BCUT2D eigenvalue weighted by atomic mass is 10.1. The second kappa shape index (κ2) is 8.59. The minimum Gasteiger partial charge on any atom is -0.358 e. The van der Waals surface area contributed by atoms with E-state index in [1.54, 1.807) is 19.2 Å². The summed E-state index contributed by atoms with van der Waals surface area (Å²) < 4.78 is 28.4. The van der Waals surface area contributed by atoms with Crippen LogP contribution in [0.4, 0.5) is 16.6 Å². The zero-order valence-corrected chi connectivity index (χ0v) is 17.6. The fraction of sp³-hybridized carbons (Fsp3) is 0.235. The molecule has 2 aromatic heterocycles. The maximum absolute atomic E-state index is 12.4. The summed E-state index contributed by atoms with van der Waals surface area (Å²) in [6.45, 7) is 3.50. The molecule has 13 heteroatoms. The zero-order valence-electron chi connectivity index (χ0n) is 16.0. The SMILES string of the molecule is Cc1cc([N+](=O)[O-])nn1CC(C)C(=O)Nc1ccc(S(=O)(=O)Nc2nccs2)cc1. The third-order valence-electron chi connectivity index (χ3n) is 4.14. The summed E-state index contributed by atoms with van der Waals surface area (Å²) >= 11 is 1.16. The zero-order chi connectivity index (χ0) is 21.9. The average molecular weight is 451 g/mol. The van der Waals surface area contributed by atoms with E-state index in [1.807, 2.05) is 0 Å². The number of rotatable bonds is 8. The normalized spacial score (nSPS) is 12.3. The van der Waals surface area contributed by atoms with Crippen LogP contribution in [0.5, 0.6) is 0 Å². The first-order chi connectivity index (χ1) is 14.2. The van der Waals surface area contributed by atoms with Crippen molar-refractivity contribution in [3.8, 4) is 0 Å². The van der Waals surface area contributed by atoms with Gasteiger partial charge in [-0.15, -0.1) is 11.3 Å². The Hall–Kier alpha value is -3.32. The van der Waals surface area contributed by atoms with Crippen molar-refractivity contribution in [3.05, 3.63) is 57.7 Å². The van der Waals surface area contributed by atoms with Gasteiger partial charge in [0.05, 0.1) is 34.2 Å². The molecular formula is C17H18N6O5S2. The van der Waals surface area contributed by atoms with Crippen LogP contribution in [-0.2, 0) is 21.4 Å². The van der Waals surface area contributed by atoms with Gasteiger partial charge in [-0.25, -0.2) is 13.4 Å². The van der Waals surface area contributed by atoms with Gasteiger partial charge in [0, 0.05) is 17.3 Å². The van der Waals surface area contributed by atoms with Crippen LogP contribution in [-0.4, -0.2) is 34.0 Å². The summed E-state index contributed by atoms with van der Waals surface area (Å²) in [5.41, 5.74) is 0.992. The Morgan fingerprint density at radius 2 is 2.03 bits per heavy atom. The van der Waals surface area contributed by atoms with Gasteiger partial charge in [0.1, 0.15) is 0 Å². The molecule has 11 nitrogen and oxygen atoms in total. The molecule has 0 fully saturated rings. The highest BCUT2D eigenvalue weighted by atomic mass is 32.2. The van der Waals surface area contributed by atoms with Crippen LogP contribution < -0.4 is 10.0 Å². The summed E-state index contributed by atoms with van der Waals surface area (Å²) in [6.07, 6.45) is 1.49. The van der Waals surface area contributed by atoms with Gasteiger partial charge in [-0.1, -0.05) is 6.92 Å². The highest BCUT2D eigenvalue weighted by Crippen LogP contribution is 2.20. The fourth-order valence-corrected chi connectivity index (χ4v) is 4.33. The molecule has 2 heterocycles. The standard InChI is InChI=1S/C17H18N6O5S2/c1-11(10-22-12(2)9-15(20-22)23(25)26)16(24)19-13-3-5-14(6-4-13)30(27,28)21-17-18-7-8-29-17/h3-9,11H,10H2,1-2H3,(H,18,21)(H,19,24). The Bertz CT molecular complexity index is 1160. The number of aromatic nitrogens is 3. The smallest absolute Gasteiger partial charge is 0.358 e. The quantitative estimate of drug-likeness (QED) is 0.396. The monoisotopic (exact) mass is 450 g/mol. The Morgan fingerprint density at radius 3 is 2.60 bits per heavy atom. The molecule has 0 aliphatic carbocycles. The molecule has 0 saturated carbocycles. The molecule has 0 aliphatic rings. The van der Waals surface area contributed by atoms with E-state index in [0.29, 0.717) is 11.4 Å². The van der Waals surface area contributed by atoms with Crippen molar-refractivity contribution in [3.63, 3.8) is 0 Å². The highest BCUT2D eigenvalue weighted by Gasteiger charge is 2.21. The third kappa shape index (κ3) is 4.99. The number of nitrogens with zero attached hydrogens (tertiary/aromatic N) is 4. The molecule has 0 aliphatic heterocycles. The van der Waals surface area contributed by atoms with Crippen molar-refractivity contribution in [1.82, 2.24) is 14.8 Å². The van der Waals surface area contributed by atoms with Crippen LogP contribution in [0.2, 0.25) is 0 Å². The number of anilines is 2. The number of sulfonamides is 1. The lowest BCUT2D eigenvalue weighted by Gasteiger charge is -2.12. The van der Waals surface area contributed by atoms with E-state index >= 15 is 0 Å². The number of hydrogen-bond acceptors (Lipinski definition) is 8. The van der Waals surface area contributed by atoms with Crippen LogP contribution in [0, 0.1) is 23.0 Å². The predicted octanol–water partition coefficient (Wildman–Crippen LogP) is 2.63. The molecule has 0 radical (unpaired) electrons. The molecular weight excluding hydrogens is 432 g/mol. The number of carbonyl (C=O) groups is 1. The molecule has 1 atom stereocenters. The van der Waals surface area contributed by atoms with E-state index in [2.05, 4.69) is 20.1 Å². The first-order valence-electron chi connectivity index (χ1n) is 8.68. The van der Waals surface area contributed by atoms with E-state index in [1.165, 1.54) is 41.2 Å². The summed E-state index contributed by atoms with van der Waals surface area (Å²) in [5, 5.41) is 19.3. The molecule has 30 heavy (non-hydrogen) atoms. The molecule has 1 amide bonds. The summed E-state index contributed by atoms with van der Waals surface area (Å²) in [7, 11) is -3.78. The highest BCUT2D eigenvalue weighted by molar-refractivity contribution is 7.93. The van der Waals surface area contributed by atoms with E-state index in [-0.39, 0.29) is 28.3 Å². The van der Waals surface area contributed by atoms with Gasteiger partial charge in [0.2, 0.25) is 5.91 Å². The lowest BCUT2D eigenvalue weighted by molar-refractivity contribution is -0.389. The number of benzene rings is 1. The number of hydrogen-bond donors (Lipinski definition) is 2. The predicted molar refractivity (Wildman–Crippen MR) is 111 cm³/mol. The van der Waals surface area contributed by atoms with E-state index in [0.717, 1.165) is 11.3 Å². The molecule has 3 rings (SSSR count). The van der Waals surface area contributed by atoms with Gasteiger partial charge >= 0.3 is 5.82 Å². The topological polar surface area (TPSA) is 149 Å². The molecule has 0 saturated heterocycles. The fourth-order valence-electron chi connectivity index (χ4n) is 2.54. The van der Waals surface area contributed by atoms with Crippen molar-refractivity contribution in [2.75, 3.05) is 10.0 Å². The van der Waals surface area contributed by atoms with Gasteiger partial charge in [0.25, 0.3) is 10.0 Å². The summed E-state index contributed by atoms with van der Waals surface area (Å²) in [4.78, 5) is 26.6. The number of amides is 1. The Morgan fingerprint density at radius 1 is 1.33 bits per heavy atom.